The molecule has 1 aromatic heterocycles. The molecule has 42 heavy (non-hydrogen) atoms. The SMILES string of the molecule is CC(=O)O.COc1ccc(NC(=O)CC2SC(=NC(c3ccc(F)cc3)c3c(O)[nH]c(=O)[nH]c3=O)NC2=O)cc1OC. The van der Waals surface area contributed by atoms with Crippen molar-refractivity contribution in [3.8, 4) is 17.4 Å². The third-order valence-electron chi connectivity index (χ3n) is 5.48. The summed E-state index contributed by atoms with van der Waals surface area (Å²) >= 11 is 0.951. The monoisotopic (exact) mass is 603 g/mol. The number of aliphatic carboxylic acids is 1. The van der Waals surface area contributed by atoms with Crippen LogP contribution in [0.25, 0.3) is 0 Å². The number of amides is 2. The van der Waals surface area contributed by atoms with Crippen LogP contribution in [0, 0.1) is 5.82 Å². The Labute approximate surface area is 241 Å². The molecule has 1 fully saturated rings. The van der Waals surface area contributed by atoms with Gasteiger partial charge in [0.2, 0.25) is 17.7 Å². The molecule has 1 saturated heterocycles. The van der Waals surface area contributed by atoms with E-state index in [4.69, 9.17) is 19.4 Å². The standard InChI is InChI=1S/C24H22FN5O7S.C2H4O2/c1-36-14-8-7-13(9-15(14)37-2)26-17(31)10-16-20(32)30-24(38-16)27-19(11-3-5-12(25)6-4-11)18-21(33)28-23(35)29-22(18)34;1-2(3)4/h3-9,16,19H,10H2,1-2H3,(H,26,31)(H,27,30,32)(H3,28,29,33,34,35);1H3,(H,3,4). The lowest BCUT2D eigenvalue weighted by Gasteiger charge is -2.14. The molecular formula is C26H26FN5O9S. The van der Waals surface area contributed by atoms with Crippen molar-refractivity contribution in [1.82, 2.24) is 15.3 Å². The largest absolute Gasteiger partial charge is 0.494 e. The average Bonchev–Trinajstić information content (AvgIpc) is 3.25. The molecule has 4 rings (SSSR count). The molecule has 2 aromatic carbocycles. The Morgan fingerprint density at radius 2 is 1.71 bits per heavy atom. The van der Waals surface area contributed by atoms with Gasteiger partial charge in [-0.3, -0.25) is 29.1 Å². The number of H-pyrrole nitrogens is 2. The van der Waals surface area contributed by atoms with Crippen LogP contribution in [0.4, 0.5) is 10.1 Å². The van der Waals surface area contributed by atoms with Gasteiger partial charge < -0.3 is 30.3 Å². The van der Waals surface area contributed by atoms with E-state index in [0.29, 0.717) is 22.7 Å². The molecule has 6 N–H and O–H groups in total. The zero-order valence-corrected chi connectivity index (χ0v) is 23.2. The molecule has 2 amide bonds. The van der Waals surface area contributed by atoms with Gasteiger partial charge in [0.1, 0.15) is 22.7 Å². The third-order valence-corrected chi connectivity index (χ3v) is 6.57. The summed E-state index contributed by atoms with van der Waals surface area (Å²) in [6.07, 6.45) is -0.199. The number of carboxylic acids is 1. The molecule has 0 bridgehead atoms. The number of nitrogens with zero attached hydrogens (tertiary/aromatic N) is 1. The molecule has 0 spiro atoms. The van der Waals surface area contributed by atoms with Gasteiger partial charge in [0.25, 0.3) is 11.5 Å². The number of methoxy groups -OCH3 is 2. The van der Waals surface area contributed by atoms with Gasteiger partial charge >= 0.3 is 5.69 Å². The smallest absolute Gasteiger partial charge is 0.328 e. The predicted molar refractivity (Wildman–Crippen MR) is 151 cm³/mol. The van der Waals surface area contributed by atoms with E-state index in [0.717, 1.165) is 30.8 Å². The number of aromatic nitrogens is 2. The number of amidine groups is 1. The maximum atomic E-state index is 13.5. The van der Waals surface area contributed by atoms with E-state index in [2.05, 4.69) is 20.6 Å². The van der Waals surface area contributed by atoms with Crippen LogP contribution in [-0.2, 0) is 14.4 Å². The highest BCUT2D eigenvalue weighted by molar-refractivity contribution is 8.15. The highest BCUT2D eigenvalue weighted by Crippen LogP contribution is 2.33. The van der Waals surface area contributed by atoms with Crippen molar-refractivity contribution in [2.75, 3.05) is 19.5 Å². The molecule has 14 nitrogen and oxygen atoms in total. The van der Waals surface area contributed by atoms with Crippen molar-refractivity contribution in [2.45, 2.75) is 24.6 Å². The minimum Gasteiger partial charge on any atom is -0.494 e. The highest BCUT2D eigenvalue weighted by Gasteiger charge is 2.34. The van der Waals surface area contributed by atoms with Crippen molar-refractivity contribution < 1.29 is 38.5 Å². The van der Waals surface area contributed by atoms with Crippen molar-refractivity contribution in [1.29, 1.82) is 0 Å². The molecule has 2 atom stereocenters. The number of carbonyl (C=O) groups excluding carboxylic acids is 2. The second-order valence-electron chi connectivity index (χ2n) is 8.50. The number of hydrogen-bond donors (Lipinski definition) is 6. The van der Waals surface area contributed by atoms with Crippen molar-refractivity contribution in [3.05, 3.63) is 80.2 Å². The zero-order valence-electron chi connectivity index (χ0n) is 22.4. The second-order valence-corrected chi connectivity index (χ2v) is 9.69. The zero-order chi connectivity index (χ0) is 31.0. The van der Waals surface area contributed by atoms with Crippen LogP contribution in [0.1, 0.15) is 30.5 Å². The lowest BCUT2D eigenvalue weighted by atomic mass is 10.0. The first-order valence-corrected chi connectivity index (χ1v) is 12.9. The number of nitrogens with one attached hydrogen (secondary N) is 4. The number of anilines is 1. The van der Waals surface area contributed by atoms with Gasteiger partial charge in [0.05, 0.1) is 14.2 Å². The first-order chi connectivity index (χ1) is 19.9. The Morgan fingerprint density at radius 3 is 2.31 bits per heavy atom. The van der Waals surface area contributed by atoms with E-state index >= 15 is 0 Å². The van der Waals surface area contributed by atoms with Crippen molar-refractivity contribution >= 4 is 40.4 Å². The summed E-state index contributed by atoms with van der Waals surface area (Å²) in [4.78, 5) is 66.7. The first-order valence-electron chi connectivity index (χ1n) is 12.0. The van der Waals surface area contributed by atoms with Gasteiger partial charge in [-0.1, -0.05) is 23.9 Å². The molecule has 3 aromatic rings. The number of thioether (sulfide) groups is 1. The number of carbonyl (C=O) groups is 3. The second kappa shape index (κ2) is 14.0. The molecule has 0 radical (unpaired) electrons. The van der Waals surface area contributed by atoms with Gasteiger partial charge in [-0.2, -0.15) is 0 Å². The minimum absolute atomic E-state index is 0.0678. The first kappa shape index (κ1) is 31.4. The van der Waals surface area contributed by atoms with E-state index in [1.54, 1.807) is 18.2 Å². The van der Waals surface area contributed by atoms with Gasteiger partial charge in [-0.15, -0.1) is 0 Å². The number of aromatic amines is 2. The number of ether oxygens (including phenoxy) is 2. The predicted octanol–water partition coefficient (Wildman–Crippen LogP) is 1.72. The van der Waals surface area contributed by atoms with E-state index in [-0.39, 0.29) is 17.2 Å². The fourth-order valence-corrected chi connectivity index (χ4v) is 4.70. The summed E-state index contributed by atoms with van der Waals surface area (Å²) in [5, 5.41) is 22.2. The van der Waals surface area contributed by atoms with Crippen molar-refractivity contribution in [2.24, 2.45) is 4.99 Å². The molecule has 0 aliphatic carbocycles. The van der Waals surface area contributed by atoms with E-state index in [1.165, 1.54) is 26.4 Å². The number of halogens is 1. The molecule has 0 saturated carbocycles. The molecule has 1 aliphatic heterocycles. The Kier molecular flexibility index (Phi) is 10.5. The maximum absolute atomic E-state index is 13.5. The summed E-state index contributed by atoms with van der Waals surface area (Å²) in [5.41, 5.74) is -1.41. The van der Waals surface area contributed by atoms with Gasteiger partial charge in [0, 0.05) is 25.1 Å². The Hall–Kier alpha value is -5.12. The fourth-order valence-electron chi connectivity index (χ4n) is 3.70. The maximum Gasteiger partial charge on any atom is 0.328 e. The van der Waals surface area contributed by atoms with Crippen LogP contribution in [0.2, 0.25) is 0 Å². The molecule has 2 unspecified atom stereocenters. The number of hydrogen-bond acceptors (Lipinski definition) is 10. The topological polar surface area (TPSA) is 212 Å². The third kappa shape index (κ3) is 8.20. The van der Waals surface area contributed by atoms with Gasteiger partial charge in [-0.25, -0.2) is 14.2 Å². The summed E-state index contributed by atoms with van der Waals surface area (Å²) in [6, 6.07) is 8.59. The van der Waals surface area contributed by atoms with Crippen molar-refractivity contribution in [3.63, 3.8) is 0 Å². The normalized spacial score (nSPS) is 15.7. The number of benzene rings is 2. The molecule has 16 heteroatoms. The fraction of sp³-hybridized carbons (Fsp3) is 0.231. The molecular weight excluding hydrogens is 577 g/mol. The van der Waals surface area contributed by atoms with Gasteiger partial charge in [0.15, 0.2) is 16.7 Å². The lowest BCUT2D eigenvalue weighted by Crippen LogP contribution is -2.29. The molecule has 222 valence electrons. The van der Waals surface area contributed by atoms with Crippen LogP contribution in [0.5, 0.6) is 17.4 Å². The van der Waals surface area contributed by atoms with E-state index < -0.39 is 52.0 Å². The number of rotatable bonds is 8. The van der Waals surface area contributed by atoms with Crippen LogP contribution in [0.3, 0.4) is 0 Å². The molecule has 1 aliphatic rings. The van der Waals surface area contributed by atoms with Crippen LogP contribution in [-0.4, -0.2) is 62.6 Å². The average molecular weight is 604 g/mol. The number of carboxylic acid groups (broad SMARTS) is 1. The number of aliphatic imine (C=N–C) groups is 1. The minimum atomic E-state index is -1.21. The Morgan fingerprint density at radius 1 is 1.07 bits per heavy atom. The summed E-state index contributed by atoms with van der Waals surface area (Å²) in [7, 11) is 2.95. The highest BCUT2D eigenvalue weighted by atomic mass is 32.2. The van der Waals surface area contributed by atoms with E-state index in [9.17, 15) is 28.7 Å². The quantitative estimate of drug-likeness (QED) is 0.219. The summed E-state index contributed by atoms with van der Waals surface area (Å²) in [5.74, 6) is -2.13. The van der Waals surface area contributed by atoms with Crippen LogP contribution < -0.4 is 31.4 Å². The Bertz CT molecular complexity index is 1620. The van der Waals surface area contributed by atoms with E-state index in [1.807, 2.05) is 4.98 Å². The Balaban J connectivity index is 0.00000114. The summed E-state index contributed by atoms with van der Waals surface area (Å²) < 4.78 is 23.9. The number of aromatic hydroxyl groups is 1. The van der Waals surface area contributed by atoms with Gasteiger partial charge in [-0.05, 0) is 29.8 Å². The van der Waals surface area contributed by atoms with Crippen LogP contribution in [0.15, 0.2) is 57.0 Å². The lowest BCUT2D eigenvalue weighted by molar-refractivity contribution is -0.134. The van der Waals surface area contributed by atoms with Crippen LogP contribution >= 0.6 is 11.8 Å². The summed E-state index contributed by atoms with van der Waals surface area (Å²) in [6.45, 7) is 1.08. The molecule has 2 heterocycles.